The lowest BCUT2D eigenvalue weighted by Gasteiger charge is -2.31. The molecular weight excluding hydrogens is 1550 g/mol. The number of carbonyl (C=O) groups excluding carboxylic acids is 5. The number of fused-ring (bicyclic) bond motifs is 2. The SMILES string of the molecule is COC(=O)C[C@H](C(=O)O)C(C)C.COC(=O)N[C@H](C(=O)N1CCCC1c1cc(=O)c2ccc(-c3ccc(-c4ccc(C5=CN=C([C@@H]6CCCN6C(=O)[C@@H](NC(=O)OC)C(C)C)C5)cc4)cc3)cc2[nH]1)C(C)C.O=c1cc(C2CCCN2)[nH]c2cc(-c3ccc(-c4ccc(C5=CN=C([C@@H]6CCCN6)C5)cc4)cc3)ccc12.S.S.S.S.S. The lowest BCUT2D eigenvalue weighted by atomic mass is 9.93. The molecule has 0 aliphatic carbocycles. The third-order valence-corrected chi connectivity index (χ3v) is 22.1. The van der Waals surface area contributed by atoms with Crippen molar-refractivity contribution in [3.05, 3.63) is 201 Å². The molecule has 14 rings (SSSR count). The normalized spacial score (nSPS) is 18.1. The van der Waals surface area contributed by atoms with Crippen LogP contribution < -0.4 is 32.1 Å². The fourth-order valence-electron chi connectivity index (χ4n) is 15.7. The second-order valence-corrected chi connectivity index (χ2v) is 30.3. The molecule has 7 atom stereocenters. The van der Waals surface area contributed by atoms with Crippen molar-refractivity contribution in [2.45, 2.75) is 148 Å². The molecule has 0 radical (unpaired) electrons. The van der Waals surface area contributed by atoms with Gasteiger partial charge in [0.1, 0.15) is 12.1 Å². The van der Waals surface area contributed by atoms with E-state index in [0.717, 1.165) is 118 Å². The Balaban J connectivity index is 0.000000284. The molecule has 2 unspecified atom stereocenters. The first-order valence-corrected chi connectivity index (χ1v) is 38.4. The number of allylic oxidation sites excluding steroid dienone is 2. The molecular formula is C88H110N10O12S5. The van der Waals surface area contributed by atoms with Crippen LogP contribution in [0, 0.1) is 23.7 Å². The molecule has 6 aliphatic rings. The number of aromatic nitrogens is 2. The number of nitrogens with zero attached hydrogens (tertiary/aromatic N) is 4. The van der Waals surface area contributed by atoms with Crippen molar-refractivity contribution in [2.75, 3.05) is 47.5 Å². The van der Waals surface area contributed by atoms with Crippen LogP contribution >= 0.6 is 67.5 Å². The number of methoxy groups -OCH3 is 3. The summed E-state index contributed by atoms with van der Waals surface area (Å²) in [4.78, 5) is 119. The van der Waals surface area contributed by atoms with Crippen molar-refractivity contribution < 1.29 is 48.1 Å². The minimum Gasteiger partial charge on any atom is -0.481 e. The van der Waals surface area contributed by atoms with Gasteiger partial charge in [0.15, 0.2) is 10.9 Å². The Bertz CT molecular complexity index is 4980. The molecule has 7 N–H and O–H groups in total. The van der Waals surface area contributed by atoms with E-state index >= 15 is 0 Å². The molecule has 0 saturated carbocycles. The number of alkyl carbamates (subject to hydrolysis) is 2. The highest BCUT2D eigenvalue weighted by atomic mass is 32.1. The van der Waals surface area contributed by atoms with Crippen molar-refractivity contribution >= 4 is 148 Å². The number of hydrogen-bond donors (Lipinski definition) is 7. The summed E-state index contributed by atoms with van der Waals surface area (Å²) < 4.78 is 13.9. The molecule has 614 valence electrons. The molecule has 8 aromatic rings. The number of H-pyrrole nitrogens is 2. The highest BCUT2D eigenvalue weighted by Crippen LogP contribution is 2.37. The number of amides is 4. The lowest BCUT2D eigenvalue weighted by Crippen LogP contribution is -2.53. The summed E-state index contributed by atoms with van der Waals surface area (Å²) in [6.07, 6.45) is 12.1. The van der Waals surface area contributed by atoms with Gasteiger partial charge in [-0.15, -0.1) is 0 Å². The second kappa shape index (κ2) is 42.5. The molecule has 4 fully saturated rings. The van der Waals surface area contributed by atoms with Gasteiger partial charge in [0.25, 0.3) is 0 Å². The molecule has 2 aromatic heterocycles. The Kier molecular flexibility index (Phi) is 34.3. The zero-order chi connectivity index (χ0) is 77.9. The number of likely N-dealkylation sites (tertiary alicyclic amines) is 2. The molecule has 4 saturated heterocycles. The number of pyridine rings is 2. The van der Waals surface area contributed by atoms with Gasteiger partial charge in [0.2, 0.25) is 11.8 Å². The quantitative estimate of drug-likeness (QED) is 0.0276. The minimum atomic E-state index is -0.949. The first-order chi connectivity index (χ1) is 53.1. The van der Waals surface area contributed by atoms with Crippen molar-refractivity contribution in [3.8, 4) is 44.5 Å². The van der Waals surface area contributed by atoms with E-state index < -0.39 is 42.1 Å². The van der Waals surface area contributed by atoms with Crippen LogP contribution in [0.25, 0.3) is 77.5 Å². The zero-order valence-corrected chi connectivity index (χ0v) is 71.6. The number of esters is 1. The molecule has 0 spiro atoms. The summed E-state index contributed by atoms with van der Waals surface area (Å²) in [6, 6.07) is 48.3. The molecule has 27 heteroatoms. The summed E-state index contributed by atoms with van der Waals surface area (Å²) in [5.41, 5.74) is 18.9. The number of aliphatic carboxylic acids is 1. The van der Waals surface area contributed by atoms with Crippen molar-refractivity contribution in [1.29, 1.82) is 0 Å². The standard InChI is InChI=1S/C47H54N6O7.C33H32N4O.C8H14O4.5H2S/c1-27(2)42(50-46(57)59-5)44(55)52-21-7-9-39(52)37-24-34(26-48-37)32-17-13-30(14-18-32)29-11-15-31(16-12-29)33-19-20-35-36(23-33)49-38(25-41(35)54)40-10-8-22-53(40)45(56)43(28(3)4)51-47(58)60-6;38-33-19-32(29-4-2-16-35-29)37-30-17-25(13-14-27(30)33)23-9-5-21(6-10-23)22-7-11-24(12-8-22)26-18-31(36-20-26)28-3-1-15-34-28;1-5(2)6(8(10)11)4-7(9)12-3;;;;;/h11-20,23,25-28,39-40,42-43H,7-10,21-22,24H2,1-6H3,(H,49,54)(H,50,57)(H,51,58);5-14,17,19-20,28-29,34-35H,1-4,15-16,18H2,(H,37,38);5-6H,4H2,1-3H3,(H,10,11);5*1H2/t39-,40?,42-,43-;28-,29?;6-;;;;;/m000...../s1. The number of benzene rings is 6. The number of carboxylic acids is 1. The minimum absolute atomic E-state index is 0. The lowest BCUT2D eigenvalue weighted by molar-refractivity contribution is -0.151. The summed E-state index contributed by atoms with van der Waals surface area (Å²) in [7, 11) is 3.82. The molecule has 115 heavy (non-hydrogen) atoms. The average molecular weight is 1660 g/mol. The molecule has 4 amide bonds. The van der Waals surface area contributed by atoms with Gasteiger partial charge in [-0.1, -0.05) is 151 Å². The van der Waals surface area contributed by atoms with E-state index in [1.807, 2.05) is 75.3 Å². The van der Waals surface area contributed by atoms with E-state index in [0.29, 0.717) is 48.6 Å². The number of carboxylic acid groups (broad SMARTS) is 1. The van der Waals surface area contributed by atoms with Gasteiger partial charge in [0, 0.05) is 96.1 Å². The Morgan fingerprint density at radius 1 is 0.452 bits per heavy atom. The number of aliphatic imine (C=N–C) groups is 2. The van der Waals surface area contributed by atoms with Crippen LogP contribution in [0.5, 0.6) is 0 Å². The molecule has 6 aliphatic heterocycles. The first kappa shape index (κ1) is 92.8. The molecule has 6 aromatic carbocycles. The smallest absolute Gasteiger partial charge is 0.407 e. The fraction of sp³-hybridized carbons (Fsp3) is 0.386. The van der Waals surface area contributed by atoms with Gasteiger partial charge in [-0.3, -0.25) is 38.8 Å². The van der Waals surface area contributed by atoms with E-state index in [9.17, 15) is 38.4 Å². The number of nitrogens with one attached hydrogen (secondary N) is 6. The van der Waals surface area contributed by atoms with Crippen LogP contribution in [0.3, 0.4) is 0 Å². The maximum absolute atomic E-state index is 13.7. The average Bonchev–Trinajstić information content (AvgIpc) is 1.71. The monoisotopic (exact) mass is 1660 g/mol. The van der Waals surface area contributed by atoms with Gasteiger partial charge >= 0.3 is 24.1 Å². The Morgan fingerprint density at radius 2 is 0.826 bits per heavy atom. The van der Waals surface area contributed by atoms with Crippen LogP contribution in [0.2, 0.25) is 0 Å². The number of carbonyl (C=O) groups is 6. The largest absolute Gasteiger partial charge is 0.481 e. The van der Waals surface area contributed by atoms with Crippen molar-refractivity contribution in [3.63, 3.8) is 0 Å². The van der Waals surface area contributed by atoms with E-state index in [1.54, 1.807) is 30.9 Å². The van der Waals surface area contributed by atoms with Crippen LogP contribution in [0.1, 0.15) is 147 Å². The molecule has 0 bridgehead atoms. The number of ether oxygens (including phenoxy) is 3. The van der Waals surface area contributed by atoms with E-state index in [-0.39, 0.29) is 132 Å². The molecule has 22 nitrogen and oxygen atoms in total. The summed E-state index contributed by atoms with van der Waals surface area (Å²) in [5.74, 6) is -2.67. The highest BCUT2D eigenvalue weighted by Gasteiger charge is 2.40. The van der Waals surface area contributed by atoms with Crippen LogP contribution in [-0.2, 0) is 33.4 Å². The highest BCUT2D eigenvalue weighted by molar-refractivity contribution is 7.60. The predicted octanol–water partition coefficient (Wildman–Crippen LogP) is 15.2. The molecule has 8 heterocycles. The Labute approximate surface area is 707 Å². The Hall–Kier alpha value is -9.35. The van der Waals surface area contributed by atoms with Crippen LogP contribution in [0.15, 0.2) is 178 Å². The van der Waals surface area contributed by atoms with Gasteiger partial charge in [-0.05, 0) is 173 Å². The topological polar surface area (TPSA) is 295 Å². The summed E-state index contributed by atoms with van der Waals surface area (Å²) in [6.45, 7) is 14.4. The zero-order valence-electron chi connectivity index (χ0n) is 66.6. The van der Waals surface area contributed by atoms with Crippen LogP contribution in [-0.4, -0.2) is 144 Å². The summed E-state index contributed by atoms with van der Waals surface area (Å²) >= 11 is 0. The van der Waals surface area contributed by atoms with Crippen molar-refractivity contribution in [2.24, 2.45) is 33.7 Å². The second-order valence-electron chi connectivity index (χ2n) is 30.3. The first-order valence-electron chi connectivity index (χ1n) is 38.4. The predicted molar refractivity (Wildman–Crippen MR) is 483 cm³/mol. The maximum atomic E-state index is 13.7. The third kappa shape index (κ3) is 22.2. The number of hydrogen-bond acceptors (Lipinski definition) is 15. The van der Waals surface area contributed by atoms with Crippen molar-refractivity contribution in [1.82, 2.24) is 41.0 Å². The van der Waals surface area contributed by atoms with Gasteiger partial charge in [-0.25, -0.2) is 9.59 Å². The Morgan fingerprint density at radius 3 is 1.23 bits per heavy atom. The number of rotatable bonds is 20. The fourth-order valence-corrected chi connectivity index (χ4v) is 15.7. The van der Waals surface area contributed by atoms with E-state index in [2.05, 4.69) is 139 Å². The summed E-state index contributed by atoms with van der Waals surface area (Å²) in [5, 5.41) is 22.4. The maximum Gasteiger partial charge on any atom is 0.407 e. The van der Waals surface area contributed by atoms with Gasteiger partial charge < -0.3 is 60.4 Å². The van der Waals surface area contributed by atoms with E-state index in [1.165, 1.54) is 62.1 Å². The van der Waals surface area contributed by atoms with Crippen LogP contribution in [0.4, 0.5) is 9.59 Å². The number of aromatic amines is 2. The third-order valence-electron chi connectivity index (χ3n) is 22.1. The van der Waals surface area contributed by atoms with E-state index in [4.69, 9.17) is 24.6 Å². The van der Waals surface area contributed by atoms with Gasteiger partial charge in [-0.2, -0.15) is 67.5 Å². The van der Waals surface area contributed by atoms with Gasteiger partial charge in [0.05, 0.1) is 56.8 Å².